The van der Waals surface area contributed by atoms with Gasteiger partial charge in [-0.3, -0.25) is 4.79 Å². The first kappa shape index (κ1) is 16.6. The molecule has 0 atom stereocenters. The number of rotatable bonds is 3. The molecule has 0 aliphatic carbocycles. The molecule has 2 aromatic heterocycles. The summed E-state index contributed by atoms with van der Waals surface area (Å²) in [5.41, 5.74) is 1.94. The lowest BCUT2D eigenvalue weighted by Crippen LogP contribution is -2.16. The van der Waals surface area contributed by atoms with Crippen molar-refractivity contribution in [1.82, 2.24) is 9.66 Å². The standard InChI is InChI=1S/C19H11ClFN3OS/c20-14-6-4-13(5-7-14)16-10-26-18-17(16)19(25)24(11-22-18)23-9-12-2-1-3-15(21)8-12/h1-11H. The predicted octanol–water partition coefficient (Wildman–Crippen LogP) is 4.80. The van der Waals surface area contributed by atoms with Gasteiger partial charge in [0.25, 0.3) is 5.56 Å². The number of halogens is 2. The molecule has 128 valence electrons. The van der Waals surface area contributed by atoms with Crippen molar-refractivity contribution in [3.63, 3.8) is 0 Å². The number of benzene rings is 2. The fourth-order valence-electron chi connectivity index (χ4n) is 2.56. The van der Waals surface area contributed by atoms with Gasteiger partial charge < -0.3 is 0 Å². The van der Waals surface area contributed by atoms with Gasteiger partial charge in [-0.1, -0.05) is 35.9 Å². The lowest BCUT2D eigenvalue weighted by Gasteiger charge is -2.02. The Bertz CT molecular complexity index is 1180. The monoisotopic (exact) mass is 383 g/mol. The lowest BCUT2D eigenvalue weighted by atomic mass is 10.1. The molecule has 0 bridgehead atoms. The van der Waals surface area contributed by atoms with Crippen LogP contribution in [0, 0.1) is 5.82 Å². The SMILES string of the molecule is O=c1c2c(-c3ccc(Cl)cc3)csc2ncn1N=Cc1cccc(F)c1. The van der Waals surface area contributed by atoms with Gasteiger partial charge in [0.2, 0.25) is 0 Å². The maximum atomic E-state index is 13.3. The molecule has 0 saturated carbocycles. The zero-order chi connectivity index (χ0) is 18.1. The Morgan fingerprint density at radius 2 is 2.00 bits per heavy atom. The molecule has 0 unspecified atom stereocenters. The molecular weight excluding hydrogens is 373 g/mol. The molecule has 4 nitrogen and oxygen atoms in total. The number of nitrogens with zero attached hydrogens (tertiary/aromatic N) is 3. The van der Waals surface area contributed by atoms with Crippen molar-refractivity contribution in [1.29, 1.82) is 0 Å². The van der Waals surface area contributed by atoms with Crippen LogP contribution in [0.1, 0.15) is 5.56 Å². The molecule has 0 amide bonds. The molecule has 0 aliphatic rings. The summed E-state index contributed by atoms with van der Waals surface area (Å²) in [6.07, 6.45) is 2.79. The third kappa shape index (κ3) is 3.16. The first-order chi connectivity index (χ1) is 12.6. The quantitative estimate of drug-likeness (QED) is 0.477. The predicted molar refractivity (Wildman–Crippen MR) is 104 cm³/mol. The van der Waals surface area contributed by atoms with E-state index in [2.05, 4.69) is 10.1 Å². The first-order valence-electron chi connectivity index (χ1n) is 7.66. The number of hydrogen-bond acceptors (Lipinski definition) is 4. The van der Waals surface area contributed by atoms with Gasteiger partial charge in [0, 0.05) is 16.0 Å². The number of aromatic nitrogens is 2. The molecule has 0 radical (unpaired) electrons. The van der Waals surface area contributed by atoms with Crippen molar-refractivity contribution in [2.45, 2.75) is 0 Å². The summed E-state index contributed by atoms with van der Waals surface area (Å²) in [6, 6.07) is 13.2. The summed E-state index contributed by atoms with van der Waals surface area (Å²) in [5.74, 6) is -0.363. The smallest absolute Gasteiger partial charge is 0.267 e. The normalized spacial score (nSPS) is 11.5. The van der Waals surface area contributed by atoms with Crippen molar-refractivity contribution >= 4 is 39.4 Å². The maximum absolute atomic E-state index is 13.3. The Hall–Kier alpha value is -2.83. The summed E-state index contributed by atoms with van der Waals surface area (Å²) in [5, 5.41) is 7.15. The summed E-state index contributed by atoms with van der Waals surface area (Å²) >= 11 is 7.33. The van der Waals surface area contributed by atoms with E-state index in [-0.39, 0.29) is 11.4 Å². The summed E-state index contributed by atoms with van der Waals surface area (Å²) in [6.45, 7) is 0. The van der Waals surface area contributed by atoms with Crippen LogP contribution in [0.3, 0.4) is 0 Å². The number of thiophene rings is 1. The van der Waals surface area contributed by atoms with Gasteiger partial charge in [0.1, 0.15) is 17.0 Å². The van der Waals surface area contributed by atoms with Crippen LogP contribution in [0.4, 0.5) is 4.39 Å². The van der Waals surface area contributed by atoms with Crippen LogP contribution in [0.2, 0.25) is 5.02 Å². The van der Waals surface area contributed by atoms with Gasteiger partial charge in [-0.05, 0) is 35.4 Å². The van der Waals surface area contributed by atoms with Crippen molar-refractivity contribution in [2.24, 2.45) is 5.10 Å². The largest absolute Gasteiger partial charge is 0.283 e. The van der Waals surface area contributed by atoms with Crippen LogP contribution in [0.15, 0.2) is 70.1 Å². The fourth-order valence-corrected chi connectivity index (χ4v) is 3.60. The van der Waals surface area contributed by atoms with Crippen molar-refractivity contribution in [3.05, 3.63) is 87.0 Å². The zero-order valence-corrected chi connectivity index (χ0v) is 14.8. The Kier molecular flexibility index (Phi) is 4.36. The number of hydrogen-bond donors (Lipinski definition) is 0. The summed E-state index contributed by atoms with van der Waals surface area (Å²) in [7, 11) is 0. The molecule has 4 aromatic rings. The second kappa shape index (κ2) is 6.82. The Balaban J connectivity index is 1.80. The molecule has 2 heterocycles. The van der Waals surface area contributed by atoms with Crippen LogP contribution in [0.5, 0.6) is 0 Å². The summed E-state index contributed by atoms with van der Waals surface area (Å²) < 4.78 is 14.4. The van der Waals surface area contributed by atoms with E-state index >= 15 is 0 Å². The Morgan fingerprint density at radius 1 is 1.19 bits per heavy atom. The van der Waals surface area contributed by atoms with Gasteiger partial charge in [-0.15, -0.1) is 11.3 Å². The molecule has 7 heteroatoms. The zero-order valence-electron chi connectivity index (χ0n) is 13.3. The average molecular weight is 384 g/mol. The molecule has 26 heavy (non-hydrogen) atoms. The molecule has 2 aromatic carbocycles. The average Bonchev–Trinajstić information content (AvgIpc) is 3.07. The van der Waals surface area contributed by atoms with E-state index in [0.29, 0.717) is 20.8 Å². The topological polar surface area (TPSA) is 47.2 Å². The lowest BCUT2D eigenvalue weighted by molar-refractivity contribution is 0.627. The van der Waals surface area contributed by atoms with Gasteiger partial charge in [0.05, 0.1) is 11.6 Å². The second-order valence-electron chi connectivity index (χ2n) is 5.53. The van der Waals surface area contributed by atoms with Gasteiger partial charge >= 0.3 is 0 Å². The van der Waals surface area contributed by atoms with E-state index in [1.54, 1.807) is 24.3 Å². The molecule has 0 aliphatic heterocycles. The molecule has 0 N–H and O–H groups in total. The molecular formula is C19H11ClFN3OS. The molecule has 0 spiro atoms. The minimum atomic E-state index is -0.363. The van der Waals surface area contributed by atoms with Crippen LogP contribution in [-0.2, 0) is 0 Å². The fraction of sp³-hybridized carbons (Fsp3) is 0. The van der Waals surface area contributed by atoms with Crippen molar-refractivity contribution in [2.75, 3.05) is 0 Å². The van der Waals surface area contributed by atoms with Gasteiger partial charge in [-0.25, -0.2) is 9.37 Å². The van der Waals surface area contributed by atoms with E-state index in [4.69, 9.17) is 11.6 Å². The van der Waals surface area contributed by atoms with E-state index < -0.39 is 0 Å². The molecule has 4 rings (SSSR count). The van der Waals surface area contributed by atoms with Crippen LogP contribution < -0.4 is 5.56 Å². The van der Waals surface area contributed by atoms with E-state index in [9.17, 15) is 9.18 Å². The third-order valence-electron chi connectivity index (χ3n) is 3.81. The highest BCUT2D eigenvalue weighted by atomic mass is 35.5. The maximum Gasteiger partial charge on any atom is 0.283 e. The Labute approximate surface area is 156 Å². The summed E-state index contributed by atoms with van der Waals surface area (Å²) in [4.78, 5) is 17.8. The minimum absolute atomic E-state index is 0.283. The van der Waals surface area contributed by atoms with E-state index in [0.717, 1.165) is 15.8 Å². The van der Waals surface area contributed by atoms with E-state index in [1.807, 2.05) is 17.5 Å². The van der Waals surface area contributed by atoms with Crippen molar-refractivity contribution in [3.8, 4) is 11.1 Å². The first-order valence-corrected chi connectivity index (χ1v) is 8.92. The molecule has 0 saturated heterocycles. The highest BCUT2D eigenvalue weighted by molar-refractivity contribution is 7.17. The van der Waals surface area contributed by atoms with Crippen LogP contribution >= 0.6 is 22.9 Å². The van der Waals surface area contributed by atoms with E-state index in [1.165, 1.54) is 36.0 Å². The molecule has 0 fully saturated rings. The van der Waals surface area contributed by atoms with Crippen LogP contribution in [-0.4, -0.2) is 15.9 Å². The second-order valence-corrected chi connectivity index (χ2v) is 6.82. The highest BCUT2D eigenvalue weighted by Gasteiger charge is 2.13. The number of fused-ring (bicyclic) bond motifs is 1. The minimum Gasteiger partial charge on any atom is -0.267 e. The van der Waals surface area contributed by atoms with Gasteiger partial charge in [0.15, 0.2) is 0 Å². The Morgan fingerprint density at radius 3 is 2.77 bits per heavy atom. The van der Waals surface area contributed by atoms with Crippen molar-refractivity contribution < 1.29 is 4.39 Å². The third-order valence-corrected chi connectivity index (χ3v) is 4.95. The van der Waals surface area contributed by atoms with Crippen LogP contribution in [0.25, 0.3) is 21.3 Å². The van der Waals surface area contributed by atoms with Gasteiger partial charge in [-0.2, -0.15) is 9.78 Å². The highest BCUT2D eigenvalue weighted by Crippen LogP contribution is 2.31.